The molecule has 0 saturated heterocycles. The third kappa shape index (κ3) is 3.28. The van der Waals surface area contributed by atoms with E-state index in [4.69, 9.17) is 0 Å². The van der Waals surface area contributed by atoms with E-state index in [0.717, 1.165) is 3.57 Å². The van der Waals surface area contributed by atoms with E-state index in [-0.39, 0.29) is 11.3 Å². The van der Waals surface area contributed by atoms with Crippen LogP contribution in [0.2, 0.25) is 0 Å². The van der Waals surface area contributed by atoms with E-state index in [1.54, 1.807) is 0 Å². The van der Waals surface area contributed by atoms with Gasteiger partial charge in [-0.25, -0.2) is 0 Å². The van der Waals surface area contributed by atoms with Gasteiger partial charge in [0.15, 0.2) is 0 Å². The first kappa shape index (κ1) is 13.5. The molecule has 0 aliphatic heterocycles. The van der Waals surface area contributed by atoms with Gasteiger partial charge in [-0.1, -0.05) is 0 Å². The molecule has 19 heavy (non-hydrogen) atoms. The molecule has 0 N–H and O–H groups in total. The van der Waals surface area contributed by atoms with E-state index in [9.17, 15) is 20.0 Å². The molecule has 0 aliphatic rings. The van der Waals surface area contributed by atoms with Gasteiger partial charge in [-0.05, 0) is 0 Å². The maximum absolute atomic E-state index is 11.0. The molecule has 0 amide bonds. The summed E-state index contributed by atoms with van der Waals surface area (Å²) in [6.07, 6.45) is 0. The van der Waals surface area contributed by atoms with Crippen molar-refractivity contribution in [3.63, 3.8) is 0 Å². The zero-order valence-electron chi connectivity index (χ0n) is 9.58. The van der Waals surface area contributed by atoms with Crippen molar-refractivity contribution in [3.8, 4) is 0 Å². The molecular weight excluding hydrogens is 361 g/mol. The molecule has 0 saturated carbocycles. The summed E-state index contributed by atoms with van der Waals surface area (Å²) < 4.78 is 1.48. The van der Waals surface area contributed by atoms with Crippen molar-refractivity contribution in [2.24, 2.45) is 0 Å². The SMILES string of the molecule is O=C([O-])c1ccc([N+](=O)[O-])cc1[I-]c1ccccc1. The minimum absolute atomic E-state index is 0.0299. The van der Waals surface area contributed by atoms with Crippen LogP contribution in [0.4, 0.5) is 5.69 Å². The number of benzene rings is 2. The molecule has 0 heterocycles. The Bertz CT molecular complexity index is 628. The summed E-state index contributed by atoms with van der Waals surface area (Å²) >= 11 is -0.794. The molecule has 0 aliphatic carbocycles. The summed E-state index contributed by atoms with van der Waals surface area (Å²) in [6, 6.07) is 13.1. The number of carboxylic acids is 1. The monoisotopic (exact) mass is 369 g/mol. The molecular formula is C13H8INO4-2. The van der Waals surface area contributed by atoms with Crippen molar-refractivity contribution in [2.75, 3.05) is 0 Å². The minimum atomic E-state index is -1.31. The van der Waals surface area contributed by atoms with Gasteiger partial charge in [-0.2, -0.15) is 0 Å². The third-order valence-corrected chi connectivity index (χ3v) is 5.14. The molecule has 0 spiro atoms. The molecule has 6 heteroatoms. The number of halogens is 1. The number of aromatic carboxylic acids is 1. The Morgan fingerprint density at radius 3 is 2.37 bits per heavy atom. The van der Waals surface area contributed by atoms with E-state index in [1.807, 2.05) is 30.3 Å². The van der Waals surface area contributed by atoms with Crippen LogP contribution in [0.1, 0.15) is 10.4 Å². The molecule has 98 valence electrons. The molecule has 0 fully saturated rings. The zero-order valence-corrected chi connectivity index (χ0v) is 11.7. The fraction of sp³-hybridized carbons (Fsp3) is 0. The third-order valence-electron chi connectivity index (χ3n) is 2.33. The molecule has 0 aromatic heterocycles. The fourth-order valence-electron chi connectivity index (χ4n) is 1.46. The molecule has 0 atom stereocenters. The number of carbonyl (C=O) groups excluding carboxylic acids is 1. The van der Waals surface area contributed by atoms with Crippen LogP contribution in [0, 0.1) is 17.3 Å². The summed E-state index contributed by atoms with van der Waals surface area (Å²) in [5, 5.41) is 21.8. The van der Waals surface area contributed by atoms with Crippen LogP contribution < -0.4 is 26.3 Å². The van der Waals surface area contributed by atoms with Gasteiger partial charge in [-0.3, -0.25) is 0 Å². The molecule has 2 rings (SSSR count). The van der Waals surface area contributed by atoms with Crippen molar-refractivity contribution in [1.29, 1.82) is 0 Å². The Balaban J connectivity index is 2.43. The van der Waals surface area contributed by atoms with Crippen LogP contribution in [0.5, 0.6) is 0 Å². The Kier molecular flexibility index (Phi) is 4.10. The van der Waals surface area contributed by atoms with Crippen LogP contribution in [0.3, 0.4) is 0 Å². The number of non-ortho nitro benzene ring substituents is 1. The van der Waals surface area contributed by atoms with E-state index in [0.29, 0.717) is 3.57 Å². The van der Waals surface area contributed by atoms with Crippen molar-refractivity contribution >= 4 is 11.7 Å². The molecule has 0 radical (unpaired) electrons. The Morgan fingerprint density at radius 1 is 1.11 bits per heavy atom. The van der Waals surface area contributed by atoms with Crippen molar-refractivity contribution in [1.82, 2.24) is 0 Å². The van der Waals surface area contributed by atoms with Crippen molar-refractivity contribution in [2.45, 2.75) is 0 Å². The average Bonchev–Trinajstić information content (AvgIpc) is 2.39. The van der Waals surface area contributed by atoms with E-state index in [1.165, 1.54) is 18.2 Å². The molecule has 2 aromatic rings. The van der Waals surface area contributed by atoms with Crippen LogP contribution in [-0.4, -0.2) is 10.9 Å². The zero-order chi connectivity index (χ0) is 13.8. The van der Waals surface area contributed by atoms with Gasteiger partial charge in [0.1, 0.15) is 0 Å². The van der Waals surface area contributed by atoms with E-state index >= 15 is 0 Å². The predicted octanol–water partition coefficient (Wildman–Crippen LogP) is -1.91. The van der Waals surface area contributed by atoms with Gasteiger partial charge in [0.2, 0.25) is 0 Å². The van der Waals surface area contributed by atoms with Crippen LogP contribution in [0.15, 0.2) is 48.5 Å². The molecule has 0 bridgehead atoms. The number of rotatable bonds is 4. The first-order valence-electron chi connectivity index (χ1n) is 5.27. The summed E-state index contributed by atoms with van der Waals surface area (Å²) in [4.78, 5) is 21.2. The summed E-state index contributed by atoms with van der Waals surface area (Å²) in [7, 11) is 0. The van der Waals surface area contributed by atoms with Gasteiger partial charge in [-0.15, -0.1) is 0 Å². The van der Waals surface area contributed by atoms with Crippen LogP contribution >= 0.6 is 0 Å². The van der Waals surface area contributed by atoms with Gasteiger partial charge in [0, 0.05) is 0 Å². The first-order valence-corrected chi connectivity index (χ1v) is 7.43. The molecule has 5 nitrogen and oxygen atoms in total. The number of nitro groups is 1. The standard InChI is InChI=1S/C13H9INO4/c16-13(17)11-7-6-10(15(18)19)8-12(11)14-9-4-2-1-3-5-9/h1-8H,(H,16,17)/q-1/p-1. The van der Waals surface area contributed by atoms with Crippen LogP contribution in [0.25, 0.3) is 0 Å². The summed E-state index contributed by atoms with van der Waals surface area (Å²) in [5.41, 5.74) is -0.0714. The van der Waals surface area contributed by atoms with Crippen LogP contribution in [-0.2, 0) is 0 Å². The van der Waals surface area contributed by atoms with E-state index in [2.05, 4.69) is 0 Å². The number of hydrogen-bond acceptors (Lipinski definition) is 4. The predicted molar refractivity (Wildman–Crippen MR) is 61.3 cm³/mol. The topological polar surface area (TPSA) is 83.3 Å². The number of hydrogen-bond donors (Lipinski definition) is 0. The first-order chi connectivity index (χ1) is 9.08. The van der Waals surface area contributed by atoms with Gasteiger partial charge < -0.3 is 0 Å². The second-order valence-electron chi connectivity index (χ2n) is 3.60. The van der Waals surface area contributed by atoms with Crippen molar-refractivity contribution < 1.29 is 36.0 Å². The average molecular weight is 369 g/mol. The van der Waals surface area contributed by atoms with Gasteiger partial charge in [0.25, 0.3) is 0 Å². The number of carboxylic acid groups (broad SMARTS) is 1. The Hall–Kier alpha value is -1.96. The quantitative estimate of drug-likeness (QED) is 0.358. The molecule has 0 unspecified atom stereocenters. The second kappa shape index (κ2) is 5.79. The van der Waals surface area contributed by atoms with Gasteiger partial charge >= 0.3 is 119 Å². The molecule has 2 aromatic carbocycles. The van der Waals surface area contributed by atoms with Gasteiger partial charge in [0.05, 0.1) is 0 Å². The Morgan fingerprint density at radius 2 is 1.79 bits per heavy atom. The number of nitrogens with zero attached hydrogens (tertiary/aromatic N) is 1. The second-order valence-corrected chi connectivity index (χ2v) is 6.55. The number of nitro benzene ring substituents is 1. The fourth-order valence-corrected chi connectivity index (χ4v) is 4.07. The number of carbonyl (C=O) groups is 1. The summed E-state index contributed by atoms with van der Waals surface area (Å²) in [5.74, 6) is -1.31. The van der Waals surface area contributed by atoms with E-state index < -0.39 is 32.1 Å². The normalized spacial score (nSPS) is 10.3. The maximum atomic E-state index is 11.0. The summed E-state index contributed by atoms with van der Waals surface area (Å²) in [6.45, 7) is 0. The van der Waals surface area contributed by atoms with Crippen molar-refractivity contribution in [3.05, 3.63) is 71.3 Å². The Labute approximate surface area is 119 Å².